The molecule has 1 aliphatic rings. The Bertz CT molecular complexity index is 267. The van der Waals surface area contributed by atoms with Crippen molar-refractivity contribution in [1.82, 2.24) is 0 Å². The lowest BCUT2D eigenvalue weighted by atomic mass is 9.90. The van der Waals surface area contributed by atoms with E-state index in [4.69, 9.17) is 4.74 Å². The maximum absolute atomic E-state index is 5.32. The molecule has 0 heterocycles. The lowest BCUT2D eigenvalue weighted by molar-refractivity contribution is 0.0997. The van der Waals surface area contributed by atoms with Crippen molar-refractivity contribution in [3.05, 3.63) is 41.8 Å². The van der Waals surface area contributed by atoms with Crippen LogP contribution >= 0.6 is 0 Å². The lowest BCUT2D eigenvalue weighted by Crippen LogP contribution is -2.19. The minimum atomic E-state index is 0.389. The van der Waals surface area contributed by atoms with Gasteiger partial charge in [-0.3, -0.25) is 0 Å². The molecule has 1 aromatic rings. The van der Waals surface area contributed by atoms with Crippen LogP contribution in [0.2, 0.25) is 0 Å². The van der Waals surface area contributed by atoms with E-state index in [9.17, 15) is 0 Å². The predicted molar refractivity (Wildman–Crippen MR) is 49.0 cm³/mol. The predicted octanol–water partition coefficient (Wildman–Crippen LogP) is 2.20. The summed E-state index contributed by atoms with van der Waals surface area (Å²) in [7, 11) is 1.78. The van der Waals surface area contributed by atoms with E-state index in [1.54, 1.807) is 7.11 Å². The molecule has 63 valence electrons. The van der Waals surface area contributed by atoms with Crippen LogP contribution in [0.25, 0.3) is 0 Å². The summed E-state index contributed by atoms with van der Waals surface area (Å²) >= 11 is 0. The largest absolute Gasteiger partial charge is 0.381 e. The molecule has 12 heavy (non-hydrogen) atoms. The molecule has 0 N–H and O–H groups in total. The third kappa shape index (κ3) is 1.37. The molecular weight excluding hydrogens is 148 g/mol. The van der Waals surface area contributed by atoms with Crippen molar-refractivity contribution < 1.29 is 4.74 Å². The fraction of sp³-hybridized carbons (Fsp3) is 0.364. The molecular formula is C11H13O. The van der Waals surface area contributed by atoms with E-state index < -0.39 is 0 Å². The van der Waals surface area contributed by atoms with E-state index in [0.717, 1.165) is 12.8 Å². The Balaban J connectivity index is 2.23. The zero-order valence-electron chi connectivity index (χ0n) is 7.29. The molecule has 1 unspecified atom stereocenters. The van der Waals surface area contributed by atoms with Gasteiger partial charge in [0.2, 0.25) is 0 Å². The second-order valence-corrected chi connectivity index (χ2v) is 3.20. The molecule has 0 aromatic heterocycles. The SMILES string of the molecule is COC1C[CH]c2ccccc2C1. The second kappa shape index (κ2) is 3.28. The van der Waals surface area contributed by atoms with E-state index in [1.807, 2.05) is 0 Å². The van der Waals surface area contributed by atoms with Gasteiger partial charge in [0, 0.05) is 7.11 Å². The quantitative estimate of drug-likeness (QED) is 0.613. The maximum Gasteiger partial charge on any atom is 0.0617 e. The van der Waals surface area contributed by atoms with Crippen molar-refractivity contribution in [2.24, 2.45) is 0 Å². The average molecular weight is 161 g/mol. The molecule has 0 saturated carbocycles. The number of benzene rings is 1. The molecule has 1 atom stereocenters. The third-order valence-electron chi connectivity index (χ3n) is 2.44. The van der Waals surface area contributed by atoms with Crippen molar-refractivity contribution >= 4 is 0 Å². The lowest BCUT2D eigenvalue weighted by Gasteiger charge is -2.22. The Morgan fingerprint density at radius 3 is 3.00 bits per heavy atom. The molecule has 1 radical (unpaired) electrons. The van der Waals surface area contributed by atoms with Crippen LogP contribution in [0.4, 0.5) is 0 Å². The molecule has 1 nitrogen and oxygen atoms in total. The number of hydrogen-bond acceptors (Lipinski definition) is 1. The van der Waals surface area contributed by atoms with Gasteiger partial charge in [-0.2, -0.15) is 0 Å². The molecule has 0 fully saturated rings. The first-order chi connectivity index (χ1) is 5.90. The van der Waals surface area contributed by atoms with E-state index in [-0.39, 0.29) is 0 Å². The zero-order chi connectivity index (χ0) is 8.39. The average Bonchev–Trinajstić information content (AvgIpc) is 2.17. The Morgan fingerprint density at radius 1 is 1.33 bits per heavy atom. The van der Waals surface area contributed by atoms with E-state index in [0.29, 0.717) is 6.10 Å². The summed E-state index contributed by atoms with van der Waals surface area (Å²) in [6, 6.07) is 8.52. The Kier molecular flexibility index (Phi) is 2.13. The topological polar surface area (TPSA) is 9.23 Å². The number of ether oxygens (including phenoxy) is 1. The first-order valence-electron chi connectivity index (χ1n) is 4.34. The number of rotatable bonds is 1. The minimum Gasteiger partial charge on any atom is -0.381 e. The third-order valence-corrected chi connectivity index (χ3v) is 2.44. The molecule has 0 saturated heterocycles. The van der Waals surface area contributed by atoms with Crippen LogP contribution in [-0.2, 0) is 11.2 Å². The molecule has 1 aromatic carbocycles. The van der Waals surface area contributed by atoms with Crippen LogP contribution in [0.5, 0.6) is 0 Å². The number of methoxy groups -OCH3 is 1. The smallest absolute Gasteiger partial charge is 0.0617 e. The molecule has 1 heteroatoms. The molecule has 0 bridgehead atoms. The van der Waals surface area contributed by atoms with Crippen molar-refractivity contribution in [2.75, 3.05) is 7.11 Å². The van der Waals surface area contributed by atoms with Gasteiger partial charge in [-0.05, 0) is 30.4 Å². The molecule has 2 rings (SSSR count). The van der Waals surface area contributed by atoms with Gasteiger partial charge in [0.05, 0.1) is 6.10 Å². The van der Waals surface area contributed by atoms with E-state index >= 15 is 0 Å². The standard InChI is InChI=1S/C11H13O/c1-12-11-7-6-9-4-2-3-5-10(9)8-11/h2-6,11H,7-8H2,1H3. The van der Waals surface area contributed by atoms with Crippen LogP contribution in [0, 0.1) is 6.42 Å². The first-order valence-corrected chi connectivity index (χ1v) is 4.34. The summed E-state index contributed by atoms with van der Waals surface area (Å²) < 4.78 is 5.32. The van der Waals surface area contributed by atoms with Crippen LogP contribution in [0.3, 0.4) is 0 Å². The van der Waals surface area contributed by atoms with Crippen molar-refractivity contribution in [3.63, 3.8) is 0 Å². The van der Waals surface area contributed by atoms with Gasteiger partial charge in [0.1, 0.15) is 0 Å². The summed E-state index contributed by atoms with van der Waals surface area (Å²) in [5, 5.41) is 0. The van der Waals surface area contributed by atoms with Crippen LogP contribution in [0.15, 0.2) is 24.3 Å². The van der Waals surface area contributed by atoms with E-state index in [2.05, 4.69) is 30.7 Å². The minimum absolute atomic E-state index is 0.389. The van der Waals surface area contributed by atoms with Gasteiger partial charge < -0.3 is 4.74 Å². The highest BCUT2D eigenvalue weighted by molar-refractivity contribution is 5.35. The van der Waals surface area contributed by atoms with Crippen molar-refractivity contribution in [3.8, 4) is 0 Å². The normalized spacial score (nSPS) is 21.9. The fourth-order valence-electron chi connectivity index (χ4n) is 1.69. The van der Waals surface area contributed by atoms with Gasteiger partial charge in [0.25, 0.3) is 0 Å². The summed E-state index contributed by atoms with van der Waals surface area (Å²) in [4.78, 5) is 0. The van der Waals surface area contributed by atoms with Crippen LogP contribution < -0.4 is 0 Å². The zero-order valence-corrected chi connectivity index (χ0v) is 7.29. The maximum atomic E-state index is 5.32. The summed E-state index contributed by atoms with van der Waals surface area (Å²) in [6.07, 6.45) is 4.75. The molecule has 1 aliphatic carbocycles. The Morgan fingerprint density at radius 2 is 2.17 bits per heavy atom. The number of fused-ring (bicyclic) bond motifs is 1. The number of hydrogen-bond donors (Lipinski definition) is 0. The van der Waals surface area contributed by atoms with E-state index in [1.165, 1.54) is 11.1 Å². The Labute approximate surface area is 73.4 Å². The fourth-order valence-corrected chi connectivity index (χ4v) is 1.69. The van der Waals surface area contributed by atoms with Gasteiger partial charge in [-0.1, -0.05) is 24.3 Å². The molecule has 0 spiro atoms. The Hall–Kier alpha value is -0.820. The summed E-state index contributed by atoms with van der Waals surface area (Å²) in [6.45, 7) is 0. The van der Waals surface area contributed by atoms with Crippen LogP contribution in [-0.4, -0.2) is 13.2 Å². The van der Waals surface area contributed by atoms with Gasteiger partial charge >= 0.3 is 0 Å². The highest BCUT2D eigenvalue weighted by Gasteiger charge is 2.16. The summed E-state index contributed by atoms with van der Waals surface area (Å²) in [5.74, 6) is 0. The van der Waals surface area contributed by atoms with Crippen molar-refractivity contribution in [1.29, 1.82) is 0 Å². The van der Waals surface area contributed by atoms with Gasteiger partial charge in [-0.15, -0.1) is 0 Å². The molecule has 0 amide bonds. The van der Waals surface area contributed by atoms with Crippen LogP contribution in [0.1, 0.15) is 17.5 Å². The highest BCUT2D eigenvalue weighted by atomic mass is 16.5. The second-order valence-electron chi connectivity index (χ2n) is 3.20. The highest BCUT2D eigenvalue weighted by Crippen LogP contribution is 2.23. The van der Waals surface area contributed by atoms with Gasteiger partial charge in [0.15, 0.2) is 0 Å². The van der Waals surface area contributed by atoms with Gasteiger partial charge in [-0.25, -0.2) is 0 Å². The van der Waals surface area contributed by atoms with Crippen molar-refractivity contribution in [2.45, 2.75) is 18.9 Å². The monoisotopic (exact) mass is 161 g/mol. The molecule has 0 aliphatic heterocycles. The summed E-state index contributed by atoms with van der Waals surface area (Å²) in [5.41, 5.74) is 2.79. The first kappa shape index (κ1) is 7.81.